The van der Waals surface area contributed by atoms with E-state index in [2.05, 4.69) is 20.6 Å². The number of carbonyl (C=O) groups excluding carboxylic acids is 1. The van der Waals surface area contributed by atoms with Crippen LogP contribution in [0, 0.1) is 5.92 Å². The van der Waals surface area contributed by atoms with Crippen molar-refractivity contribution in [3.05, 3.63) is 17.7 Å². The number of ether oxygens (including phenoxy) is 1. The van der Waals surface area contributed by atoms with Gasteiger partial charge in [-0.2, -0.15) is 0 Å². The van der Waals surface area contributed by atoms with Crippen LogP contribution in [0.5, 0.6) is 0 Å². The molecule has 118 valence electrons. The zero-order valence-corrected chi connectivity index (χ0v) is 13.7. The molecule has 0 aliphatic carbocycles. The molecule has 0 aliphatic heterocycles. The molecular weight excluding hydrogens is 268 g/mol. The molecule has 21 heavy (non-hydrogen) atoms. The molecule has 1 atom stereocenters. The van der Waals surface area contributed by atoms with Crippen LogP contribution in [-0.4, -0.2) is 42.7 Å². The van der Waals surface area contributed by atoms with Gasteiger partial charge in [0.05, 0.1) is 24.5 Å². The van der Waals surface area contributed by atoms with E-state index < -0.39 is 0 Å². The van der Waals surface area contributed by atoms with E-state index in [0.29, 0.717) is 23.8 Å². The molecule has 0 fully saturated rings. The van der Waals surface area contributed by atoms with Crippen LogP contribution < -0.4 is 10.6 Å². The third-order valence-corrected chi connectivity index (χ3v) is 3.28. The van der Waals surface area contributed by atoms with Gasteiger partial charge in [0.15, 0.2) is 5.69 Å². The first-order chi connectivity index (χ1) is 9.90. The lowest BCUT2D eigenvalue weighted by Crippen LogP contribution is -2.42. The highest BCUT2D eigenvalue weighted by molar-refractivity contribution is 5.97. The van der Waals surface area contributed by atoms with Crippen molar-refractivity contribution < 1.29 is 9.53 Å². The Morgan fingerprint density at radius 3 is 2.48 bits per heavy atom. The fraction of sp³-hybridized carbons (Fsp3) is 0.667. The Morgan fingerprint density at radius 1 is 1.33 bits per heavy atom. The summed E-state index contributed by atoms with van der Waals surface area (Å²) in [7, 11) is 3.38. The lowest BCUT2D eigenvalue weighted by molar-refractivity contribution is 0.0862. The first-order valence-electron chi connectivity index (χ1n) is 7.25. The molecule has 0 aromatic carbocycles. The lowest BCUT2D eigenvalue weighted by Gasteiger charge is -2.22. The van der Waals surface area contributed by atoms with E-state index in [4.69, 9.17) is 4.74 Å². The molecule has 2 N–H and O–H groups in total. The van der Waals surface area contributed by atoms with Gasteiger partial charge >= 0.3 is 0 Å². The number of rotatable bonds is 7. The third kappa shape index (κ3) is 4.67. The molecule has 0 saturated carbocycles. The van der Waals surface area contributed by atoms with Gasteiger partial charge in [-0.3, -0.25) is 4.79 Å². The Kier molecular flexibility index (Phi) is 6.55. The SMILES string of the molecule is CNc1cnc(C(C)C)nc1C(=O)NC(COC)C(C)C. The monoisotopic (exact) mass is 294 g/mol. The molecule has 1 amide bonds. The van der Waals surface area contributed by atoms with Gasteiger partial charge in [0.2, 0.25) is 0 Å². The Bertz CT molecular complexity index is 475. The van der Waals surface area contributed by atoms with Gasteiger partial charge in [0.1, 0.15) is 5.82 Å². The van der Waals surface area contributed by atoms with Crippen molar-refractivity contribution in [2.75, 3.05) is 26.1 Å². The molecule has 1 aromatic rings. The predicted molar refractivity (Wildman–Crippen MR) is 83.6 cm³/mol. The van der Waals surface area contributed by atoms with E-state index in [9.17, 15) is 4.79 Å². The number of hydrogen-bond donors (Lipinski definition) is 2. The average Bonchev–Trinajstić information content (AvgIpc) is 2.45. The van der Waals surface area contributed by atoms with Gasteiger partial charge in [-0.1, -0.05) is 27.7 Å². The first-order valence-corrected chi connectivity index (χ1v) is 7.25. The largest absolute Gasteiger partial charge is 0.385 e. The number of nitrogens with zero attached hydrogens (tertiary/aromatic N) is 2. The van der Waals surface area contributed by atoms with Crippen LogP contribution in [0.1, 0.15) is 49.9 Å². The number of anilines is 1. The van der Waals surface area contributed by atoms with E-state index >= 15 is 0 Å². The molecule has 6 heteroatoms. The van der Waals surface area contributed by atoms with Gasteiger partial charge in [-0.15, -0.1) is 0 Å². The summed E-state index contributed by atoms with van der Waals surface area (Å²) in [6.07, 6.45) is 1.65. The van der Waals surface area contributed by atoms with Crippen LogP contribution in [0.25, 0.3) is 0 Å². The maximum atomic E-state index is 12.5. The minimum Gasteiger partial charge on any atom is -0.385 e. The molecule has 0 saturated heterocycles. The molecule has 1 aromatic heterocycles. The average molecular weight is 294 g/mol. The molecule has 0 spiro atoms. The van der Waals surface area contributed by atoms with Gasteiger partial charge in [0, 0.05) is 20.1 Å². The number of nitrogens with one attached hydrogen (secondary N) is 2. The second kappa shape index (κ2) is 7.93. The van der Waals surface area contributed by atoms with Crippen LogP contribution in [0.15, 0.2) is 6.20 Å². The van der Waals surface area contributed by atoms with Crippen molar-refractivity contribution in [1.82, 2.24) is 15.3 Å². The fourth-order valence-corrected chi connectivity index (χ4v) is 1.85. The van der Waals surface area contributed by atoms with E-state index in [-0.39, 0.29) is 23.8 Å². The summed E-state index contributed by atoms with van der Waals surface area (Å²) < 4.78 is 5.16. The van der Waals surface area contributed by atoms with Crippen molar-refractivity contribution >= 4 is 11.6 Å². The van der Waals surface area contributed by atoms with E-state index in [1.165, 1.54) is 0 Å². The van der Waals surface area contributed by atoms with Gasteiger partial charge in [-0.05, 0) is 5.92 Å². The number of hydrogen-bond acceptors (Lipinski definition) is 5. The smallest absolute Gasteiger partial charge is 0.272 e. The molecule has 1 rings (SSSR count). The second-order valence-corrected chi connectivity index (χ2v) is 5.67. The van der Waals surface area contributed by atoms with Crippen LogP contribution >= 0.6 is 0 Å². The predicted octanol–water partition coefficient (Wildman–Crippen LogP) is 2.04. The summed E-state index contributed by atoms with van der Waals surface area (Å²) in [6.45, 7) is 8.56. The topological polar surface area (TPSA) is 76.1 Å². The first kappa shape index (κ1) is 17.4. The Hall–Kier alpha value is -1.69. The highest BCUT2D eigenvalue weighted by atomic mass is 16.5. The van der Waals surface area contributed by atoms with Gasteiger partial charge < -0.3 is 15.4 Å². The van der Waals surface area contributed by atoms with Crippen molar-refractivity contribution in [3.63, 3.8) is 0 Å². The summed E-state index contributed by atoms with van der Waals surface area (Å²) in [5.41, 5.74) is 0.995. The van der Waals surface area contributed by atoms with Crippen LogP contribution in [0.4, 0.5) is 5.69 Å². The Labute approximate surface area is 126 Å². The summed E-state index contributed by atoms with van der Waals surface area (Å²) in [4.78, 5) is 21.1. The molecular formula is C15H26N4O2. The van der Waals surface area contributed by atoms with Gasteiger partial charge in [0.25, 0.3) is 5.91 Å². The summed E-state index contributed by atoms with van der Waals surface area (Å²) in [6, 6.07) is -0.0512. The number of amides is 1. The molecule has 1 unspecified atom stereocenters. The molecule has 6 nitrogen and oxygen atoms in total. The lowest BCUT2D eigenvalue weighted by atomic mass is 10.1. The maximum Gasteiger partial charge on any atom is 0.272 e. The molecule has 0 bridgehead atoms. The minimum atomic E-state index is -0.209. The van der Waals surface area contributed by atoms with E-state index in [1.807, 2.05) is 27.7 Å². The van der Waals surface area contributed by atoms with Crippen LogP contribution in [0.2, 0.25) is 0 Å². The third-order valence-electron chi connectivity index (χ3n) is 3.28. The van der Waals surface area contributed by atoms with Gasteiger partial charge in [-0.25, -0.2) is 9.97 Å². The maximum absolute atomic E-state index is 12.5. The quantitative estimate of drug-likeness (QED) is 0.805. The summed E-state index contributed by atoms with van der Waals surface area (Å²) >= 11 is 0. The van der Waals surface area contributed by atoms with Crippen molar-refractivity contribution in [3.8, 4) is 0 Å². The standard InChI is InChI=1S/C15H26N4O2/c1-9(2)12(8-21-6)18-15(20)13-11(16-5)7-17-14(19-13)10(3)4/h7,9-10,12,16H,8H2,1-6H3,(H,18,20). The van der Waals surface area contributed by atoms with Crippen LogP contribution in [-0.2, 0) is 4.74 Å². The summed E-state index contributed by atoms with van der Waals surface area (Å²) in [5.74, 6) is 0.895. The second-order valence-electron chi connectivity index (χ2n) is 5.67. The Morgan fingerprint density at radius 2 is 2.00 bits per heavy atom. The van der Waals surface area contributed by atoms with E-state index in [0.717, 1.165) is 0 Å². The van der Waals surface area contributed by atoms with E-state index in [1.54, 1.807) is 20.4 Å². The highest BCUT2D eigenvalue weighted by Gasteiger charge is 2.21. The van der Waals surface area contributed by atoms with Crippen molar-refractivity contribution in [1.29, 1.82) is 0 Å². The van der Waals surface area contributed by atoms with Crippen molar-refractivity contribution in [2.24, 2.45) is 5.92 Å². The Balaban J connectivity index is 3.01. The summed E-state index contributed by atoms with van der Waals surface area (Å²) in [5, 5.41) is 5.94. The number of carbonyl (C=O) groups is 1. The minimum absolute atomic E-state index is 0.0512. The highest BCUT2D eigenvalue weighted by Crippen LogP contribution is 2.16. The zero-order chi connectivity index (χ0) is 16.0. The molecule has 0 radical (unpaired) electrons. The number of aromatic nitrogens is 2. The normalized spacial score (nSPS) is 12.6. The zero-order valence-electron chi connectivity index (χ0n) is 13.7. The van der Waals surface area contributed by atoms with Crippen molar-refractivity contribution in [2.45, 2.75) is 39.7 Å². The van der Waals surface area contributed by atoms with Crippen LogP contribution in [0.3, 0.4) is 0 Å². The molecule has 1 heterocycles. The molecule has 0 aliphatic rings. The fourth-order valence-electron chi connectivity index (χ4n) is 1.85. The number of methoxy groups -OCH3 is 1.